The lowest BCUT2D eigenvalue weighted by molar-refractivity contribution is 0.269. The molecule has 2 aromatic rings. The summed E-state index contributed by atoms with van der Waals surface area (Å²) in [6.07, 6.45) is 3.80. The highest BCUT2D eigenvalue weighted by Gasteiger charge is 2.05. The molecule has 102 valence electrons. The van der Waals surface area contributed by atoms with E-state index in [0.29, 0.717) is 12.6 Å². The van der Waals surface area contributed by atoms with E-state index in [0.717, 1.165) is 12.1 Å². The molecule has 2 rings (SSSR count). The first kappa shape index (κ1) is 13.8. The molecule has 2 N–H and O–H groups in total. The highest BCUT2D eigenvalue weighted by Crippen LogP contribution is 2.14. The Kier molecular flexibility index (Phi) is 4.71. The third-order valence-corrected chi connectivity index (χ3v) is 3.17. The molecule has 0 aliphatic carbocycles. The molecule has 0 saturated carbocycles. The topological polar surface area (TPSA) is 50.1 Å². The van der Waals surface area contributed by atoms with Crippen LogP contribution in [-0.2, 0) is 13.1 Å². The number of aryl methyl sites for hydroxylation is 1. The van der Waals surface area contributed by atoms with Crippen molar-refractivity contribution in [2.75, 3.05) is 6.61 Å². The van der Waals surface area contributed by atoms with Crippen LogP contribution in [0, 0.1) is 6.92 Å². The van der Waals surface area contributed by atoms with Crippen molar-refractivity contribution >= 4 is 0 Å². The van der Waals surface area contributed by atoms with Crippen LogP contribution in [0.5, 0.6) is 0 Å². The maximum atomic E-state index is 8.85. The number of aliphatic hydroxyl groups excluding tert-OH is 1. The number of aliphatic hydroxyl groups is 1. The van der Waals surface area contributed by atoms with E-state index in [2.05, 4.69) is 48.5 Å². The van der Waals surface area contributed by atoms with Crippen molar-refractivity contribution < 1.29 is 5.11 Å². The highest BCUT2D eigenvalue weighted by molar-refractivity contribution is 5.24. The van der Waals surface area contributed by atoms with E-state index >= 15 is 0 Å². The summed E-state index contributed by atoms with van der Waals surface area (Å²) in [7, 11) is 0. The Bertz CT molecular complexity index is 522. The Morgan fingerprint density at radius 3 is 3.00 bits per heavy atom. The minimum absolute atomic E-state index is 0.119. The van der Waals surface area contributed by atoms with Crippen LogP contribution >= 0.6 is 0 Å². The van der Waals surface area contributed by atoms with Gasteiger partial charge in [0.1, 0.15) is 0 Å². The zero-order chi connectivity index (χ0) is 13.7. The molecule has 1 atom stereocenters. The lowest BCUT2D eigenvalue weighted by Crippen LogP contribution is -2.17. The van der Waals surface area contributed by atoms with Crippen LogP contribution in [0.4, 0.5) is 0 Å². The lowest BCUT2D eigenvalue weighted by Gasteiger charge is -2.14. The van der Waals surface area contributed by atoms with Crippen molar-refractivity contribution in [1.82, 2.24) is 15.1 Å². The van der Waals surface area contributed by atoms with E-state index in [9.17, 15) is 0 Å². The van der Waals surface area contributed by atoms with E-state index in [4.69, 9.17) is 5.11 Å². The van der Waals surface area contributed by atoms with Crippen molar-refractivity contribution in [2.45, 2.75) is 33.0 Å². The lowest BCUT2D eigenvalue weighted by atomic mass is 10.1. The fourth-order valence-electron chi connectivity index (χ4n) is 2.05. The van der Waals surface area contributed by atoms with Crippen LogP contribution in [0.2, 0.25) is 0 Å². The van der Waals surface area contributed by atoms with E-state index in [1.807, 2.05) is 12.4 Å². The second-order valence-electron chi connectivity index (χ2n) is 4.85. The van der Waals surface area contributed by atoms with Gasteiger partial charge in [0.2, 0.25) is 0 Å². The number of rotatable bonds is 6. The summed E-state index contributed by atoms with van der Waals surface area (Å²) in [4.78, 5) is 0. The van der Waals surface area contributed by atoms with E-state index < -0.39 is 0 Å². The van der Waals surface area contributed by atoms with Crippen LogP contribution in [0.15, 0.2) is 36.7 Å². The molecule has 0 spiro atoms. The number of aromatic nitrogens is 2. The molecule has 0 radical (unpaired) electrons. The predicted molar refractivity (Wildman–Crippen MR) is 75.7 cm³/mol. The van der Waals surface area contributed by atoms with Gasteiger partial charge in [0.25, 0.3) is 0 Å². The van der Waals surface area contributed by atoms with Crippen molar-refractivity contribution in [1.29, 1.82) is 0 Å². The SMILES string of the molecule is Cc1cccc([C@@H](C)NCc2cnn(CCO)c2)c1. The summed E-state index contributed by atoms with van der Waals surface area (Å²) in [5.74, 6) is 0. The first-order valence-electron chi connectivity index (χ1n) is 6.61. The number of nitrogens with zero attached hydrogens (tertiary/aromatic N) is 2. The van der Waals surface area contributed by atoms with Gasteiger partial charge in [-0.2, -0.15) is 5.10 Å². The van der Waals surface area contributed by atoms with Crippen LogP contribution < -0.4 is 5.32 Å². The first-order valence-corrected chi connectivity index (χ1v) is 6.61. The van der Waals surface area contributed by atoms with Crippen LogP contribution in [-0.4, -0.2) is 21.5 Å². The van der Waals surface area contributed by atoms with E-state index in [-0.39, 0.29) is 6.61 Å². The third kappa shape index (κ3) is 3.91. The maximum absolute atomic E-state index is 8.85. The largest absolute Gasteiger partial charge is 0.394 e. The van der Waals surface area contributed by atoms with Gasteiger partial charge >= 0.3 is 0 Å². The predicted octanol–water partition coefficient (Wildman–Crippen LogP) is 2.03. The van der Waals surface area contributed by atoms with Gasteiger partial charge in [-0.05, 0) is 19.4 Å². The summed E-state index contributed by atoms with van der Waals surface area (Å²) >= 11 is 0. The smallest absolute Gasteiger partial charge is 0.0640 e. The first-order chi connectivity index (χ1) is 9.19. The molecule has 4 nitrogen and oxygen atoms in total. The third-order valence-electron chi connectivity index (χ3n) is 3.17. The quantitative estimate of drug-likeness (QED) is 0.834. The van der Waals surface area contributed by atoms with Gasteiger partial charge in [0.15, 0.2) is 0 Å². The fourth-order valence-corrected chi connectivity index (χ4v) is 2.05. The van der Waals surface area contributed by atoms with Crippen molar-refractivity contribution in [2.24, 2.45) is 0 Å². The molecule has 0 fully saturated rings. The molecule has 19 heavy (non-hydrogen) atoms. The molecule has 1 aromatic heterocycles. The molecule has 0 unspecified atom stereocenters. The number of hydrogen-bond acceptors (Lipinski definition) is 3. The summed E-state index contributed by atoms with van der Waals surface area (Å²) in [5, 5.41) is 16.5. The van der Waals surface area contributed by atoms with Crippen LogP contribution in [0.25, 0.3) is 0 Å². The van der Waals surface area contributed by atoms with Gasteiger partial charge in [-0.3, -0.25) is 4.68 Å². The average Bonchev–Trinajstić information content (AvgIpc) is 2.84. The van der Waals surface area contributed by atoms with E-state index in [1.54, 1.807) is 4.68 Å². The molecular formula is C15H21N3O. The zero-order valence-corrected chi connectivity index (χ0v) is 11.5. The molecule has 1 heterocycles. The second-order valence-corrected chi connectivity index (χ2v) is 4.85. The molecule has 0 aliphatic rings. The maximum Gasteiger partial charge on any atom is 0.0640 e. The minimum atomic E-state index is 0.119. The zero-order valence-electron chi connectivity index (χ0n) is 11.5. The summed E-state index contributed by atoms with van der Waals surface area (Å²) < 4.78 is 1.76. The molecule has 0 amide bonds. The summed E-state index contributed by atoms with van der Waals surface area (Å²) in [5.41, 5.74) is 3.71. The monoisotopic (exact) mass is 259 g/mol. The second kappa shape index (κ2) is 6.50. The standard InChI is InChI=1S/C15H21N3O/c1-12-4-3-5-15(8-12)13(2)16-9-14-10-17-18(11-14)6-7-19/h3-5,8,10-11,13,16,19H,6-7,9H2,1-2H3/t13-/m1/s1. The van der Waals surface area contributed by atoms with Gasteiger partial charge in [-0.25, -0.2) is 0 Å². The van der Waals surface area contributed by atoms with Gasteiger partial charge in [-0.15, -0.1) is 0 Å². The Labute approximate surface area is 114 Å². The highest BCUT2D eigenvalue weighted by atomic mass is 16.3. The molecule has 4 heteroatoms. The van der Waals surface area contributed by atoms with E-state index in [1.165, 1.54) is 11.1 Å². The normalized spacial score (nSPS) is 12.6. The van der Waals surface area contributed by atoms with Crippen molar-refractivity contribution in [3.63, 3.8) is 0 Å². The van der Waals surface area contributed by atoms with Gasteiger partial charge in [0, 0.05) is 24.3 Å². The van der Waals surface area contributed by atoms with Crippen LogP contribution in [0.3, 0.4) is 0 Å². The van der Waals surface area contributed by atoms with Gasteiger partial charge in [0.05, 0.1) is 19.3 Å². The molecule has 0 aliphatic heterocycles. The summed E-state index contributed by atoms with van der Waals surface area (Å²) in [6.45, 7) is 5.71. The van der Waals surface area contributed by atoms with Crippen molar-refractivity contribution in [3.05, 3.63) is 53.3 Å². The van der Waals surface area contributed by atoms with Gasteiger partial charge < -0.3 is 10.4 Å². The van der Waals surface area contributed by atoms with Crippen molar-refractivity contribution in [3.8, 4) is 0 Å². The molecular weight excluding hydrogens is 238 g/mol. The number of benzene rings is 1. The number of hydrogen-bond donors (Lipinski definition) is 2. The minimum Gasteiger partial charge on any atom is -0.394 e. The summed E-state index contributed by atoms with van der Waals surface area (Å²) in [6, 6.07) is 8.84. The Morgan fingerprint density at radius 1 is 1.42 bits per heavy atom. The average molecular weight is 259 g/mol. The Balaban J connectivity index is 1.90. The molecule has 1 aromatic carbocycles. The van der Waals surface area contributed by atoms with Gasteiger partial charge in [-0.1, -0.05) is 29.8 Å². The van der Waals surface area contributed by atoms with Crippen LogP contribution in [0.1, 0.15) is 29.7 Å². The Hall–Kier alpha value is -1.65. The molecule has 0 saturated heterocycles. The fraction of sp³-hybridized carbons (Fsp3) is 0.400. The number of nitrogens with one attached hydrogen (secondary N) is 1. The Morgan fingerprint density at radius 2 is 2.26 bits per heavy atom. The molecule has 0 bridgehead atoms.